The Morgan fingerprint density at radius 2 is 1.71 bits per heavy atom. The van der Waals surface area contributed by atoms with Crippen molar-refractivity contribution in [3.63, 3.8) is 0 Å². The van der Waals surface area contributed by atoms with E-state index in [1.807, 2.05) is 30.3 Å². The van der Waals surface area contributed by atoms with Crippen molar-refractivity contribution in [2.75, 3.05) is 18.5 Å². The van der Waals surface area contributed by atoms with Crippen LogP contribution < -0.4 is 4.90 Å². The molecule has 1 aliphatic heterocycles. The van der Waals surface area contributed by atoms with Crippen LogP contribution in [-0.2, 0) is 14.3 Å². The molecule has 3 rings (SSSR count). The summed E-state index contributed by atoms with van der Waals surface area (Å²) in [5.74, 6) is -1.81. The van der Waals surface area contributed by atoms with Gasteiger partial charge in [0, 0.05) is 18.2 Å². The molecule has 1 atom stereocenters. The normalized spacial score (nSPS) is 16.1. The van der Waals surface area contributed by atoms with Crippen LogP contribution in [-0.4, -0.2) is 59.0 Å². The number of aliphatic carboxylic acids is 1. The minimum absolute atomic E-state index is 0.414. The molecule has 162 valence electrons. The summed E-state index contributed by atoms with van der Waals surface area (Å²) in [4.78, 5) is 44.6. The van der Waals surface area contributed by atoms with Crippen molar-refractivity contribution in [3.05, 3.63) is 65.7 Å². The number of amides is 2. The number of carboxylic acid groups (broad SMARTS) is 1. The number of fused-ring (bicyclic) bond motifs is 1. The number of nitrogens with zero attached hydrogens (tertiary/aromatic N) is 3. The molecule has 0 unspecified atom stereocenters. The molecule has 0 aliphatic carbocycles. The number of hydrogen-bond donors (Lipinski definition) is 1. The van der Waals surface area contributed by atoms with Crippen molar-refractivity contribution in [3.8, 4) is 0 Å². The predicted octanol–water partition coefficient (Wildman–Crippen LogP) is 3.15. The lowest BCUT2D eigenvalue weighted by Crippen LogP contribution is -2.50. The van der Waals surface area contributed by atoms with Gasteiger partial charge in [0.2, 0.25) is 6.17 Å². The van der Waals surface area contributed by atoms with Crippen LogP contribution in [0.3, 0.4) is 0 Å². The highest BCUT2D eigenvalue weighted by molar-refractivity contribution is 6.20. The highest BCUT2D eigenvalue weighted by Crippen LogP contribution is 2.29. The monoisotopic (exact) mass is 423 g/mol. The molecular weight excluding hydrogens is 398 g/mol. The first-order valence-corrected chi connectivity index (χ1v) is 9.80. The van der Waals surface area contributed by atoms with Gasteiger partial charge in [-0.05, 0) is 26.8 Å². The Kier molecular flexibility index (Phi) is 6.10. The molecule has 2 amide bonds. The van der Waals surface area contributed by atoms with Crippen LogP contribution in [0.25, 0.3) is 0 Å². The molecule has 0 fully saturated rings. The van der Waals surface area contributed by atoms with Gasteiger partial charge in [-0.3, -0.25) is 19.4 Å². The van der Waals surface area contributed by atoms with E-state index in [4.69, 9.17) is 4.74 Å². The largest absolute Gasteiger partial charge is 0.480 e. The predicted molar refractivity (Wildman–Crippen MR) is 116 cm³/mol. The van der Waals surface area contributed by atoms with E-state index in [-0.39, 0.29) is 0 Å². The number of likely N-dealkylation sites (N-methyl/N-ethyl adjacent to an activating group) is 1. The van der Waals surface area contributed by atoms with Crippen LogP contribution in [0.4, 0.5) is 10.5 Å². The first-order valence-electron chi connectivity index (χ1n) is 9.80. The molecule has 2 aromatic carbocycles. The van der Waals surface area contributed by atoms with Crippen LogP contribution in [0.2, 0.25) is 0 Å². The van der Waals surface area contributed by atoms with Gasteiger partial charge in [-0.2, -0.15) is 0 Å². The maximum atomic E-state index is 13.4. The molecule has 0 aromatic heterocycles. The number of ether oxygens (including phenoxy) is 1. The minimum atomic E-state index is -1.29. The summed E-state index contributed by atoms with van der Waals surface area (Å²) in [5.41, 5.74) is 1.47. The number of carbonyl (C=O) groups is 3. The molecule has 8 heteroatoms. The van der Waals surface area contributed by atoms with Gasteiger partial charge < -0.3 is 9.84 Å². The first kappa shape index (κ1) is 22.0. The number of benzodiazepines with no additional fused rings is 1. The molecule has 0 saturated heterocycles. The summed E-state index contributed by atoms with van der Waals surface area (Å²) in [6.07, 6.45) is -2.03. The number of hydrogen-bond acceptors (Lipinski definition) is 5. The third kappa shape index (κ3) is 4.91. The fourth-order valence-electron chi connectivity index (χ4n) is 3.22. The molecule has 0 spiro atoms. The summed E-state index contributed by atoms with van der Waals surface area (Å²) in [7, 11) is 1.41. The van der Waals surface area contributed by atoms with Gasteiger partial charge in [0.1, 0.15) is 12.1 Å². The molecule has 8 nitrogen and oxygen atoms in total. The SMILES string of the molecule is CN(C(=O)OC(C)(C)C)[C@@H]1N=C(c2ccccc2)c2ccccc2N(CC(=O)O)C1=O. The van der Waals surface area contributed by atoms with E-state index in [0.29, 0.717) is 17.0 Å². The topological polar surface area (TPSA) is 99.5 Å². The number of anilines is 1. The average Bonchev–Trinajstić information content (AvgIpc) is 2.82. The Labute approximate surface area is 180 Å². The lowest BCUT2D eigenvalue weighted by molar-refractivity contribution is -0.137. The minimum Gasteiger partial charge on any atom is -0.480 e. The van der Waals surface area contributed by atoms with E-state index >= 15 is 0 Å². The van der Waals surface area contributed by atoms with Crippen LogP contribution in [0.5, 0.6) is 0 Å². The molecule has 31 heavy (non-hydrogen) atoms. The van der Waals surface area contributed by atoms with Crippen molar-refractivity contribution in [1.82, 2.24) is 4.90 Å². The third-order valence-electron chi connectivity index (χ3n) is 4.58. The number of para-hydroxylation sites is 1. The van der Waals surface area contributed by atoms with Crippen LogP contribution in [0.15, 0.2) is 59.6 Å². The Morgan fingerprint density at radius 3 is 2.32 bits per heavy atom. The lowest BCUT2D eigenvalue weighted by atomic mass is 10.0. The number of carbonyl (C=O) groups excluding carboxylic acids is 2. The van der Waals surface area contributed by atoms with E-state index in [0.717, 1.165) is 15.4 Å². The van der Waals surface area contributed by atoms with E-state index in [9.17, 15) is 19.5 Å². The summed E-state index contributed by atoms with van der Waals surface area (Å²) in [6.45, 7) is 4.60. The second-order valence-electron chi connectivity index (χ2n) is 8.14. The second-order valence-corrected chi connectivity index (χ2v) is 8.14. The highest BCUT2D eigenvalue weighted by Gasteiger charge is 2.38. The van der Waals surface area contributed by atoms with Gasteiger partial charge in [0.05, 0.1) is 11.4 Å². The number of carboxylic acids is 1. The Bertz CT molecular complexity index is 1030. The summed E-state index contributed by atoms with van der Waals surface area (Å²) in [5, 5.41) is 9.43. The van der Waals surface area contributed by atoms with Gasteiger partial charge in [-0.1, -0.05) is 48.5 Å². The van der Waals surface area contributed by atoms with E-state index in [2.05, 4.69) is 4.99 Å². The van der Waals surface area contributed by atoms with E-state index < -0.39 is 36.3 Å². The zero-order valence-electron chi connectivity index (χ0n) is 17.9. The van der Waals surface area contributed by atoms with Crippen molar-refractivity contribution < 1.29 is 24.2 Å². The highest BCUT2D eigenvalue weighted by atomic mass is 16.6. The fraction of sp³-hybridized carbons (Fsp3) is 0.304. The van der Waals surface area contributed by atoms with Crippen molar-refractivity contribution >= 4 is 29.4 Å². The number of rotatable bonds is 4. The van der Waals surface area contributed by atoms with Gasteiger partial charge >= 0.3 is 12.1 Å². The van der Waals surface area contributed by atoms with Crippen molar-refractivity contribution in [2.24, 2.45) is 4.99 Å². The van der Waals surface area contributed by atoms with E-state index in [1.165, 1.54) is 7.05 Å². The van der Waals surface area contributed by atoms with Crippen LogP contribution in [0.1, 0.15) is 31.9 Å². The molecule has 1 aliphatic rings. The first-order chi connectivity index (χ1) is 14.6. The van der Waals surface area contributed by atoms with Gasteiger partial charge in [-0.15, -0.1) is 0 Å². The standard InChI is InChI=1S/C23H25N3O5/c1-23(2,3)31-22(30)25(4)20-21(29)26(14-18(27)28)17-13-9-8-12-16(17)19(24-20)15-10-6-5-7-11-15/h5-13,20H,14H2,1-4H3,(H,27,28)/t20-/m0/s1. The molecule has 1 heterocycles. The van der Waals surface area contributed by atoms with Crippen molar-refractivity contribution in [1.29, 1.82) is 0 Å². The molecule has 1 N–H and O–H groups in total. The molecule has 0 saturated carbocycles. The quantitative estimate of drug-likeness (QED) is 0.814. The Balaban J connectivity index is 2.17. The molecule has 0 radical (unpaired) electrons. The Hall–Kier alpha value is -3.68. The van der Waals surface area contributed by atoms with Crippen LogP contribution >= 0.6 is 0 Å². The zero-order valence-corrected chi connectivity index (χ0v) is 17.9. The maximum Gasteiger partial charge on any atom is 0.412 e. The van der Waals surface area contributed by atoms with Gasteiger partial charge in [0.15, 0.2) is 0 Å². The smallest absolute Gasteiger partial charge is 0.412 e. The molecule has 2 aromatic rings. The maximum absolute atomic E-state index is 13.4. The Morgan fingerprint density at radius 1 is 1.10 bits per heavy atom. The fourth-order valence-corrected chi connectivity index (χ4v) is 3.22. The zero-order chi connectivity index (χ0) is 22.8. The molecule has 0 bridgehead atoms. The number of aliphatic imine (C=N–C) groups is 1. The summed E-state index contributed by atoms with van der Waals surface area (Å²) in [6, 6.07) is 16.2. The number of benzene rings is 2. The third-order valence-corrected chi connectivity index (χ3v) is 4.58. The van der Waals surface area contributed by atoms with Crippen LogP contribution in [0, 0.1) is 0 Å². The van der Waals surface area contributed by atoms with E-state index in [1.54, 1.807) is 45.0 Å². The van der Waals surface area contributed by atoms with Gasteiger partial charge in [0.25, 0.3) is 5.91 Å². The average molecular weight is 423 g/mol. The molecular formula is C23H25N3O5. The second kappa shape index (κ2) is 8.59. The van der Waals surface area contributed by atoms with Gasteiger partial charge in [-0.25, -0.2) is 9.79 Å². The summed E-state index contributed by atoms with van der Waals surface area (Å²) < 4.78 is 5.41. The lowest BCUT2D eigenvalue weighted by Gasteiger charge is -2.30. The van der Waals surface area contributed by atoms with Crippen molar-refractivity contribution in [2.45, 2.75) is 32.5 Å². The summed E-state index contributed by atoms with van der Waals surface area (Å²) >= 11 is 0.